The van der Waals surface area contributed by atoms with Crippen molar-refractivity contribution in [3.8, 4) is 0 Å². The highest BCUT2D eigenvalue weighted by molar-refractivity contribution is 4.98. The first-order valence-electron chi connectivity index (χ1n) is 4.23. The lowest BCUT2D eigenvalue weighted by Gasteiger charge is -2.19. The van der Waals surface area contributed by atoms with Gasteiger partial charge in [-0.15, -0.1) is 6.58 Å². The van der Waals surface area contributed by atoms with Crippen molar-refractivity contribution >= 4 is 0 Å². The highest BCUT2D eigenvalue weighted by atomic mass is 14.2. The van der Waals surface area contributed by atoms with E-state index in [0.29, 0.717) is 5.41 Å². The van der Waals surface area contributed by atoms with E-state index in [2.05, 4.69) is 33.9 Å². The van der Waals surface area contributed by atoms with Gasteiger partial charge < -0.3 is 0 Å². The molecule has 0 unspecified atom stereocenters. The Hall–Kier alpha value is -0.520. The molecule has 0 fully saturated rings. The van der Waals surface area contributed by atoms with Gasteiger partial charge in [-0.25, -0.2) is 0 Å². The van der Waals surface area contributed by atoms with Crippen molar-refractivity contribution in [1.82, 2.24) is 0 Å². The van der Waals surface area contributed by atoms with Crippen LogP contribution in [-0.4, -0.2) is 0 Å². The van der Waals surface area contributed by atoms with Gasteiger partial charge in [-0.3, -0.25) is 0 Å². The van der Waals surface area contributed by atoms with Gasteiger partial charge in [0, 0.05) is 0 Å². The zero-order valence-corrected chi connectivity index (χ0v) is 8.11. The maximum absolute atomic E-state index is 4.03. The average Bonchev–Trinajstić information content (AvgIpc) is 1.79. The molecule has 0 radical (unpaired) electrons. The summed E-state index contributed by atoms with van der Waals surface area (Å²) in [6.07, 6.45) is 5.24. The molecule has 0 nitrogen and oxygen atoms in total. The molecule has 0 rings (SSSR count). The summed E-state index contributed by atoms with van der Waals surface area (Å²) >= 11 is 0. The van der Waals surface area contributed by atoms with Crippen LogP contribution in [0.25, 0.3) is 0 Å². The molecule has 0 aliphatic heterocycles. The van der Waals surface area contributed by atoms with E-state index in [4.69, 9.17) is 0 Å². The monoisotopic (exact) mass is 152 g/mol. The smallest absolute Gasteiger partial charge is 0.0274 e. The summed E-state index contributed by atoms with van der Waals surface area (Å²) < 4.78 is 0. The van der Waals surface area contributed by atoms with Gasteiger partial charge in [0.2, 0.25) is 0 Å². The molecule has 0 aromatic carbocycles. The summed E-state index contributed by atoms with van der Waals surface area (Å²) in [7, 11) is 0. The van der Waals surface area contributed by atoms with Crippen molar-refractivity contribution < 1.29 is 0 Å². The van der Waals surface area contributed by atoms with Crippen LogP contribution in [0, 0.1) is 5.41 Å². The third-order valence-corrected chi connectivity index (χ3v) is 1.48. The Labute approximate surface area is 71.0 Å². The minimum Gasteiger partial charge on any atom is -0.103 e. The van der Waals surface area contributed by atoms with Gasteiger partial charge in [0.15, 0.2) is 0 Å². The topological polar surface area (TPSA) is 0 Å². The standard InChI is InChI=1S/C11H20/c1-6-7-8-10(2)9-11(3,4)5/h6H,1-2,7-9H2,3-5H3. The first-order chi connectivity index (χ1) is 4.95. The maximum atomic E-state index is 4.03. The van der Waals surface area contributed by atoms with E-state index < -0.39 is 0 Å². The molecule has 0 aliphatic carbocycles. The maximum Gasteiger partial charge on any atom is -0.0274 e. The fourth-order valence-corrected chi connectivity index (χ4v) is 1.14. The second-order valence-corrected chi connectivity index (χ2v) is 4.31. The summed E-state index contributed by atoms with van der Waals surface area (Å²) in [6.45, 7) is 14.4. The highest BCUT2D eigenvalue weighted by Crippen LogP contribution is 2.25. The second kappa shape index (κ2) is 4.38. The van der Waals surface area contributed by atoms with E-state index >= 15 is 0 Å². The van der Waals surface area contributed by atoms with Crippen molar-refractivity contribution in [3.05, 3.63) is 24.8 Å². The molecule has 64 valence electrons. The van der Waals surface area contributed by atoms with Gasteiger partial charge in [0.05, 0.1) is 0 Å². The first-order valence-corrected chi connectivity index (χ1v) is 4.23. The van der Waals surface area contributed by atoms with E-state index in [1.54, 1.807) is 0 Å². The summed E-state index contributed by atoms with van der Waals surface area (Å²) in [5, 5.41) is 0. The average molecular weight is 152 g/mol. The number of rotatable bonds is 4. The molecule has 0 heterocycles. The van der Waals surface area contributed by atoms with Crippen molar-refractivity contribution in [2.24, 2.45) is 5.41 Å². The molecule has 11 heavy (non-hydrogen) atoms. The fraction of sp³-hybridized carbons (Fsp3) is 0.636. The molecular weight excluding hydrogens is 132 g/mol. The first kappa shape index (κ1) is 10.5. The van der Waals surface area contributed by atoms with Gasteiger partial charge in [-0.05, 0) is 24.7 Å². The molecule has 0 aliphatic rings. The Kier molecular flexibility index (Phi) is 4.17. The largest absolute Gasteiger partial charge is 0.103 e. The lowest BCUT2D eigenvalue weighted by molar-refractivity contribution is 0.405. The Morgan fingerprint density at radius 3 is 2.27 bits per heavy atom. The Morgan fingerprint density at radius 1 is 1.36 bits per heavy atom. The van der Waals surface area contributed by atoms with Crippen molar-refractivity contribution in [3.63, 3.8) is 0 Å². The molecule has 0 saturated carbocycles. The van der Waals surface area contributed by atoms with E-state index in [1.807, 2.05) is 6.08 Å². The minimum absolute atomic E-state index is 0.387. The van der Waals surface area contributed by atoms with E-state index in [9.17, 15) is 0 Å². The van der Waals surface area contributed by atoms with Crippen LogP contribution < -0.4 is 0 Å². The molecule has 0 bridgehead atoms. The van der Waals surface area contributed by atoms with Gasteiger partial charge in [0.1, 0.15) is 0 Å². The lowest BCUT2D eigenvalue weighted by atomic mass is 9.87. The molecule has 0 spiro atoms. The predicted molar refractivity (Wildman–Crippen MR) is 52.6 cm³/mol. The van der Waals surface area contributed by atoms with Crippen LogP contribution in [0.2, 0.25) is 0 Å². The molecular formula is C11H20. The van der Waals surface area contributed by atoms with Gasteiger partial charge >= 0.3 is 0 Å². The van der Waals surface area contributed by atoms with E-state index in [0.717, 1.165) is 19.3 Å². The van der Waals surface area contributed by atoms with Crippen molar-refractivity contribution in [1.29, 1.82) is 0 Å². The molecule has 0 amide bonds. The molecule has 0 saturated heterocycles. The third kappa shape index (κ3) is 7.38. The second-order valence-electron chi connectivity index (χ2n) is 4.31. The third-order valence-electron chi connectivity index (χ3n) is 1.48. The predicted octanol–water partition coefficient (Wildman–Crippen LogP) is 3.95. The van der Waals surface area contributed by atoms with Crippen LogP contribution in [0.1, 0.15) is 40.0 Å². The summed E-state index contributed by atoms with van der Waals surface area (Å²) in [5.74, 6) is 0. The van der Waals surface area contributed by atoms with Gasteiger partial charge in [0.25, 0.3) is 0 Å². The van der Waals surface area contributed by atoms with Crippen molar-refractivity contribution in [2.75, 3.05) is 0 Å². The molecule has 0 atom stereocenters. The zero-order chi connectivity index (χ0) is 8.91. The van der Waals surface area contributed by atoms with Crippen LogP contribution in [0.15, 0.2) is 24.8 Å². The quantitative estimate of drug-likeness (QED) is 0.535. The van der Waals surface area contributed by atoms with Crippen LogP contribution >= 0.6 is 0 Å². The fourth-order valence-electron chi connectivity index (χ4n) is 1.14. The SMILES string of the molecule is C=CCCC(=C)CC(C)(C)C. The Bertz CT molecular complexity index is 135. The van der Waals surface area contributed by atoms with Gasteiger partial charge in [-0.1, -0.05) is 39.0 Å². The van der Waals surface area contributed by atoms with E-state index in [-0.39, 0.29) is 0 Å². The number of hydrogen-bond donors (Lipinski definition) is 0. The number of hydrogen-bond acceptors (Lipinski definition) is 0. The summed E-state index contributed by atoms with van der Waals surface area (Å²) in [5.41, 5.74) is 1.73. The van der Waals surface area contributed by atoms with Gasteiger partial charge in [-0.2, -0.15) is 0 Å². The Morgan fingerprint density at radius 2 is 1.91 bits per heavy atom. The van der Waals surface area contributed by atoms with E-state index in [1.165, 1.54) is 5.57 Å². The summed E-state index contributed by atoms with van der Waals surface area (Å²) in [6, 6.07) is 0. The zero-order valence-electron chi connectivity index (χ0n) is 8.11. The molecule has 0 heteroatoms. The normalized spacial score (nSPS) is 11.2. The molecule has 0 aromatic rings. The number of allylic oxidation sites excluding steroid dienone is 2. The lowest BCUT2D eigenvalue weighted by Crippen LogP contribution is -2.05. The van der Waals surface area contributed by atoms with Crippen LogP contribution in [0.4, 0.5) is 0 Å². The van der Waals surface area contributed by atoms with Crippen LogP contribution in [0.3, 0.4) is 0 Å². The molecule has 0 aromatic heterocycles. The van der Waals surface area contributed by atoms with Crippen molar-refractivity contribution in [2.45, 2.75) is 40.0 Å². The van der Waals surface area contributed by atoms with Crippen LogP contribution in [-0.2, 0) is 0 Å². The van der Waals surface area contributed by atoms with Crippen LogP contribution in [0.5, 0.6) is 0 Å². The minimum atomic E-state index is 0.387. The summed E-state index contributed by atoms with van der Waals surface area (Å²) in [4.78, 5) is 0. The molecule has 0 N–H and O–H groups in total. The Balaban J connectivity index is 3.61. The highest BCUT2D eigenvalue weighted by Gasteiger charge is 2.10.